The van der Waals surface area contributed by atoms with Gasteiger partial charge in [-0.05, 0) is 66.8 Å². The Labute approximate surface area is 251 Å². The van der Waals surface area contributed by atoms with Crippen molar-refractivity contribution in [3.63, 3.8) is 0 Å². The van der Waals surface area contributed by atoms with E-state index in [0.29, 0.717) is 57.7 Å². The number of Topliss-reactive ketones (excluding diaryl/α,β-unsaturated/α-hetero) is 1. The van der Waals surface area contributed by atoms with Crippen LogP contribution < -0.4 is 34.3 Å². The number of benzene rings is 3. The number of para-hydroxylation sites is 2. The third-order valence-electron chi connectivity index (χ3n) is 8.05. The van der Waals surface area contributed by atoms with Crippen LogP contribution in [-0.4, -0.2) is 47.2 Å². The van der Waals surface area contributed by atoms with E-state index in [2.05, 4.69) is 10.6 Å². The van der Waals surface area contributed by atoms with Gasteiger partial charge in [0.2, 0.25) is 0 Å². The summed E-state index contributed by atoms with van der Waals surface area (Å²) in [7, 11) is 7.87. The predicted octanol–water partition coefficient (Wildman–Crippen LogP) is 5.73. The summed E-state index contributed by atoms with van der Waals surface area (Å²) in [5, 5.41) is 6.43. The largest absolute Gasteiger partial charge is 0.495 e. The highest BCUT2D eigenvalue weighted by molar-refractivity contribution is 6.10. The predicted molar refractivity (Wildman–Crippen MR) is 163 cm³/mol. The molecule has 1 heterocycles. The fourth-order valence-electron chi connectivity index (χ4n) is 5.99. The Morgan fingerprint density at radius 2 is 1.33 bits per heavy atom. The van der Waals surface area contributed by atoms with Crippen LogP contribution in [0, 0.1) is 0 Å². The SMILES string of the molecule is COc1ccccc1NC(=O)C1=C(C)NC2=C(C(=O)C[C@H](c3ccc(OC)c(OC)c3)C2)[C@H]1c1ccc(OC)c(OC)c1. The summed E-state index contributed by atoms with van der Waals surface area (Å²) in [5.74, 6) is 1.74. The fourth-order valence-corrected chi connectivity index (χ4v) is 5.99. The summed E-state index contributed by atoms with van der Waals surface area (Å²) in [6, 6.07) is 18.5. The Hall–Kier alpha value is -4.92. The van der Waals surface area contributed by atoms with Crippen LogP contribution >= 0.6 is 0 Å². The van der Waals surface area contributed by atoms with E-state index in [-0.39, 0.29) is 24.0 Å². The monoisotopic (exact) mass is 584 g/mol. The zero-order chi connectivity index (χ0) is 30.7. The van der Waals surface area contributed by atoms with E-state index in [0.717, 1.165) is 16.8 Å². The standard InChI is InChI=1S/C34H36N2O7/c1-19-31(34(38)36-23-9-7-8-10-26(23)39-2)32(21-12-14-28(41-4)30(18-21)43-6)33-24(35-19)15-22(16-25(33)37)20-11-13-27(40-3)29(17-20)42-5/h7-14,17-18,22,32,35H,15-16H2,1-6H3,(H,36,38)/t22-,32+/m1/s1. The van der Waals surface area contributed by atoms with Gasteiger partial charge in [-0.2, -0.15) is 0 Å². The molecule has 0 bridgehead atoms. The lowest BCUT2D eigenvalue weighted by molar-refractivity contribution is -0.116. The number of anilines is 1. The molecule has 0 saturated carbocycles. The molecule has 43 heavy (non-hydrogen) atoms. The van der Waals surface area contributed by atoms with E-state index in [1.54, 1.807) is 53.7 Å². The molecule has 2 N–H and O–H groups in total. The second kappa shape index (κ2) is 12.5. The van der Waals surface area contributed by atoms with Gasteiger partial charge in [0.15, 0.2) is 28.8 Å². The minimum Gasteiger partial charge on any atom is -0.495 e. The van der Waals surface area contributed by atoms with Crippen molar-refractivity contribution < 1.29 is 33.3 Å². The van der Waals surface area contributed by atoms with Crippen molar-refractivity contribution in [3.05, 3.63) is 94.3 Å². The van der Waals surface area contributed by atoms with Gasteiger partial charge in [0.1, 0.15) is 5.75 Å². The van der Waals surface area contributed by atoms with Gasteiger partial charge in [0.05, 0.1) is 41.2 Å². The van der Waals surface area contributed by atoms with Gasteiger partial charge in [-0.25, -0.2) is 0 Å². The normalized spacial score (nSPS) is 18.0. The lowest BCUT2D eigenvalue weighted by Gasteiger charge is -2.37. The van der Waals surface area contributed by atoms with Crippen molar-refractivity contribution in [1.29, 1.82) is 0 Å². The molecule has 2 aliphatic rings. The van der Waals surface area contributed by atoms with Crippen molar-refractivity contribution in [3.8, 4) is 28.7 Å². The van der Waals surface area contributed by atoms with Crippen molar-refractivity contribution >= 4 is 17.4 Å². The lowest BCUT2D eigenvalue weighted by atomic mass is 9.71. The fraction of sp³-hybridized carbons (Fsp3) is 0.294. The molecule has 3 aromatic rings. The number of nitrogens with one attached hydrogen (secondary N) is 2. The molecule has 5 rings (SSSR count). The molecule has 2 atom stereocenters. The van der Waals surface area contributed by atoms with Crippen molar-refractivity contribution in [1.82, 2.24) is 5.32 Å². The first kappa shape index (κ1) is 29.6. The number of hydrogen-bond donors (Lipinski definition) is 2. The zero-order valence-corrected chi connectivity index (χ0v) is 25.2. The summed E-state index contributed by atoms with van der Waals surface area (Å²) >= 11 is 0. The van der Waals surface area contributed by atoms with E-state index < -0.39 is 5.92 Å². The number of amides is 1. The maximum Gasteiger partial charge on any atom is 0.254 e. The Morgan fingerprint density at radius 3 is 1.95 bits per heavy atom. The van der Waals surface area contributed by atoms with Gasteiger partial charge in [0.25, 0.3) is 5.91 Å². The Bertz CT molecular complexity index is 1620. The highest BCUT2D eigenvalue weighted by Gasteiger charge is 2.41. The van der Waals surface area contributed by atoms with Crippen LogP contribution in [0.25, 0.3) is 0 Å². The molecule has 0 spiro atoms. The minimum atomic E-state index is -0.635. The number of allylic oxidation sites excluding steroid dienone is 3. The first-order chi connectivity index (χ1) is 20.8. The molecule has 9 nitrogen and oxygen atoms in total. The summed E-state index contributed by atoms with van der Waals surface area (Å²) < 4.78 is 27.4. The third kappa shape index (κ3) is 5.62. The first-order valence-electron chi connectivity index (χ1n) is 14.0. The smallest absolute Gasteiger partial charge is 0.254 e. The molecule has 0 saturated heterocycles. The van der Waals surface area contributed by atoms with Crippen molar-refractivity contribution in [2.75, 3.05) is 40.9 Å². The number of methoxy groups -OCH3 is 5. The molecule has 1 aliphatic carbocycles. The molecule has 1 amide bonds. The molecule has 0 unspecified atom stereocenters. The quantitative estimate of drug-likeness (QED) is 0.329. The number of carbonyl (C=O) groups is 2. The Kier molecular flexibility index (Phi) is 8.61. The van der Waals surface area contributed by atoms with Gasteiger partial charge in [0, 0.05) is 34.9 Å². The number of dihydropyridines is 1. The third-order valence-corrected chi connectivity index (χ3v) is 8.05. The van der Waals surface area contributed by atoms with Crippen molar-refractivity contribution in [2.24, 2.45) is 0 Å². The maximum atomic E-state index is 14.1. The Balaban J connectivity index is 1.59. The summed E-state index contributed by atoms with van der Waals surface area (Å²) in [6.07, 6.45) is 0.860. The highest BCUT2D eigenvalue weighted by atomic mass is 16.5. The van der Waals surface area contributed by atoms with Crippen molar-refractivity contribution in [2.45, 2.75) is 31.6 Å². The van der Waals surface area contributed by atoms with Crippen LogP contribution in [-0.2, 0) is 9.59 Å². The zero-order valence-electron chi connectivity index (χ0n) is 25.2. The van der Waals surface area contributed by atoms with E-state index >= 15 is 0 Å². The van der Waals surface area contributed by atoms with Crippen LogP contribution in [0.1, 0.15) is 42.7 Å². The highest BCUT2D eigenvalue weighted by Crippen LogP contribution is 2.47. The average molecular weight is 585 g/mol. The lowest BCUT2D eigenvalue weighted by Crippen LogP contribution is -2.37. The molecule has 3 aromatic carbocycles. The second-order valence-corrected chi connectivity index (χ2v) is 10.4. The van der Waals surface area contributed by atoms with Crippen LogP contribution in [0.15, 0.2) is 83.2 Å². The van der Waals surface area contributed by atoms with Crippen LogP contribution in [0.3, 0.4) is 0 Å². The first-order valence-corrected chi connectivity index (χ1v) is 14.0. The van der Waals surface area contributed by atoms with Crippen LogP contribution in [0.5, 0.6) is 28.7 Å². The molecule has 0 radical (unpaired) electrons. The number of ether oxygens (including phenoxy) is 5. The van der Waals surface area contributed by atoms with E-state index in [9.17, 15) is 9.59 Å². The Morgan fingerprint density at radius 1 is 0.744 bits per heavy atom. The van der Waals surface area contributed by atoms with Gasteiger partial charge in [-0.3, -0.25) is 9.59 Å². The molecular formula is C34H36N2O7. The second-order valence-electron chi connectivity index (χ2n) is 10.4. The maximum absolute atomic E-state index is 14.1. The number of carbonyl (C=O) groups excluding carboxylic acids is 2. The molecule has 0 fully saturated rings. The number of hydrogen-bond acceptors (Lipinski definition) is 8. The van der Waals surface area contributed by atoms with E-state index in [4.69, 9.17) is 23.7 Å². The molecule has 9 heteroatoms. The van der Waals surface area contributed by atoms with Gasteiger partial charge < -0.3 is 34.3 Å². The minimum absolute atomic E-state index is 0.0385. The van der Waals surface area contributed by atoms with Gasteiger partial charge in [-0.15, -0.1) is 0 Å². The summed E-state index contributed by atoms with van der Waals surface area (Å²) in [6.45, 7) is 1.86. The number of rotatable bonds is 9. The summed E-state index contributed by atoms with van der Waals surface area (Å²) in [4.78, 5) is 28.1. The molecule has 224 valence electrons. The van der Waals surface area contributed by atoms with Gasteiger partial charge >= 0.3 is 0 Å². The topological polar surface area (TPSA) is 104 Å². The molecule has 0 aromatic heterocycles. The van der Waals surface area contributed by atoms with Crippen LogP contribution in [0.2, 0.25) is 0 Å². The summed E-state index contributed by atoms with van der Waals surface area (Å²) in [5.41, 5.74) is 4.71. The van der Waals surface area contributed by atoms with E-state index in [1.165, 1.54) is 0 Å². The van der Waals surface area contributed by atoms with Gasteiger partial charge in [-0.1, -0.05) is 24.3 Å². The van der Waals surface area contributed by atoms with Crippen LogP contribution in [0.4, 0.5) is 5.69 Å². The molecule has 1 aliphatic heterocycles. The molecular weight excluding hydrogens is 548 g/mol. The average Bonchev–Trinajstić information content (AvgIpc) is 3.03. The van der Waals surface area contributed by atoms with E-state index in [1.807, 2.05) is 49.4 Å². The number of ketones is 1.